The number of aryl methyl sites for hydroxylation is 2. The molecule has 0 unspecified atom stereocenters. The van der Waals surface area contributed by atoms with E-state index in [2.05, 4.69) is 10.3 Å². The van der Waals surface area contributed by atoms with E-state index in [1.54, 1.807) is 13.8 Å². The Morgan fingerprint density at radius 1 is 1.17 bits per heavy atom. The van der Waals surface area contributed by atoms with Gasteiger partial charge in [0.1, 0.15) is 22.5 Å². The molecule has 1 aromatic carbocycles. The fourth-order valence-corrected chi connectivity index (χ4v) is 5.81. The van der Waals surface area contributed by atoms with Crippen LogP contribution in [0.1, 0.15) is 62.2 Å². The number of carbonyl (C=O) groups is 2. The van der Waals surface area contributed by atoms with Crippen LogP contribution in [0, 0.1) is 6.92 Å². The second-order valence-electron chi connectivity index (χ2n) is 8.47. The number of hydrogen-bond donors (Lipinski definition) is 1. The van der Waals surface area contributed by atoms with Gasteiger partial charge in [0.25, 0.3) is 11.5 Å². The molecule has 1 amide bonds. The summed E-state index contributed by atoms with van der Waals surface area (Å²) in [5.41, 5.74) is 2.18. The molecule has 180 valence electrons. The lowest BCUT2D eigenvalue weighted by molar-refractivity contribution is 0.0526. The Balaban J connectivity index is 1.54. The van der Waals surface area contributed by atoms with Crippen LogP contribution in [0.15, 0.2) is 45.9 Å². The second-order valence-corrected chi connectivity index (χ2v) is 9.57. The third-order valence-electron chi connectivity index (χ3n) is 6.16. The highest BCUT2D eigenvalue weighted by Crippen LogP contribution is 2.39. The van der Waals surface area contributed by atoms with E-state index in [0.29, 0.717) is 22.9 Å². The number of esters is 1. The smallest absolute Gasteiger partial charge is 0.341 e. The summed E-state index contributed by atoms with van der Waals surface area (Å²) in [6.45, 7) is 3.94. The summed E-state index contributed by atoms with van der Waals surface area (Å²) in [6.07, 6.45) is 5.10. The molecular weight excluding hydrogens is 466 g/mol. The Morgan fingerprint density at radius 3 is 2.71 bits per heavy atom. The van der Waals surface area contributed by atoms with Gasteiger partial charge in [-0.15, -0.1) is 11.3 Å². The third kappa shape index (κ3) is 4.27. The molecule has 1 aliphatic rings. The molecule has 1 N–H and O–H groups in total. The Kier molecular flexibility index (Phi) is 6.25. The number of thiophene rings is 1. The molecule has 0 fully saturated rings. The van der Waals surface area contributed by atoms with E-state index in [-0.39, 0.29) is 28.8 Å². The Morgan fingerprint density at radius 2 is 1.94 bits per heavy atom. The molecule has 9 heteroatoms. The van der Waals surface area contributed by atoms with Crippen LogP contribution in [0.2, 0.25) is 0 Å². The maximum Gasteiger partial charge on any atom is 0.341 e. The molecule has 0 bridgehead atoms. The van der Waals surface area contributed by atoms with Gasteiger partial charge >= 0.3 is 5.97 Å². The van der Waals surface area contributed by atoms with Crippen molar-refractivity contribution in [3.8, 4) is 0 Å². The number of rotatable bonds is 6. The van der Waals surface area contributed by atoms with Gasteiger partial charge in [-0.25, -0.2) is 9.78 Å². The number of nitrogens with zero attached hydrogens (tertiary/aromatic N) is 2. The van der Waals surface area contributed by atoms with E-state index in [0.717, 1.165) is 41.7 Å². The summed E-state index contributed by atoms with van der Waals surface area (Å²) in [7, 11) is 0. The van der Waals surface area contributed by atoms with Crippen LogP contribution < -0.4 is 10.9 Å². The normalized spacial score (nSPS) is 13.0. The molecule has 3 heterocycles. The first-order valence-corrected chi connectivity index (χ1v) is 12.4. The molecule has 0 aliphatic heterocycles. The molecule has 0 saturated heterocycles. The third-order valence-corrected chi connectivity index (χ3v) is 7.36. The zero-order valence-electron chi connectivity index (χ0n) is 19.6. The molecule has 0 radical (unpaired) electrons. The number of benzene rings is 1. The number of furan rings is 1. The van der Waals surface area contributed by atoms with Crippen molar-refractivity contribution in [2.24, 2.45) is 0 Å². The summed E-state index contributed by atoms with van der Waals surface area (Å²) in [4.78, 5) is 45.0. The first-order valence-electron chi connectivity index (χ1n) is 11.6. The molecule has 1 aliphatic carbocycles. The zero-order valence-corrected chi connectivity index (χ0v) is 20.4. The fourth-order valence-electron chi connectivity index (χ4n) is 4.54. The fraction of sp³-hybridized carbons (Fsp3) is 0.308. The average Bonchev–Trinajstić information content (AvgIpc) is 3.38. The summed E-state index contributed by atoms with van der Waals surface area (Å²) in [5.74, 6) is -0.664. The van der Waals surface area contributed by atoms with E-state index < -0.39 is 11.9 Å². The molecule has 4 aromatic rings. The number of carbonyl (C=O) groups excluding carboxylic acids is 2. The number of nitrogens with one attached hydrogen (secondary N) is 1. The van der Waals surface area contributed by atoms with E-state index in [1.807, 2.05) is 30.3 Å². The number of anilines is 1. The van der Waals surface area contributed by atoms with Gasteiger partial charge in [-0.05, 0) is 50.7 Å². The van der Waals surface area contributed by atoms with Crippen molar-refractivity contribution in [3.63, 3.8) is 0 Å². The van der Waals surface area contributed by atoms with Crippen LogP contribution in [0.5, 0.6) is 0 Å². The van der Waals surface area contributed by atoms with Crippen LogP contribution >= 0.6 is 11.3 Å². The SMILES string of the molecule is CCOC(=O)c1c(NC(=O)c2c(C)oc3ncn(Cc4ccccc4)c(=O)c23)sc2c1CCCC2. The standard InChI is InChI=1S/C26H25N3O5S/c1-3-33-26(32)20-17-11-7-8-12-18(17)35-24(20)28-22(30)19-15(2)34-23-21(19)25(31)29(14-27-23)13-16-9-5-4-6-10-16/h4-6,9-10,14H,3,7-8,11-13H2,1-2H3,(H,28,30). The largest absolute Gasteiger partial charge is 0.462 e. The lowest BCUT2D eigenvalue weighted by Gasteiger charge is -2.12. The number of amides is 1. The molecular formula is C26H25N3O5S. The predicted molar refractivity (Wildman–Crippen MR) is 133 cm³/mol. The summed E-state index contributed by atoms with van der Waals surface area (Å²) in [5, 5.41) is 3.45. The van der Waals surface area contributed by atoms with Crippen molar-refractivity contribution in [2.75, 3.05) is 11.9 Å². The van der Waals surface area contributed by atoms with E-state index in [4.69, 9.17) is 9.15 Å². The monoisotopic (exact) mass is 491 g/mol. The van der Waals surface area contributed by atoms with E-state index >= 15 is 0 Å². The Bertz CT molecular complexity index is 1480. The van der Waals surface area contributed by atoms with Gasteiger partial charge in [-0.1, -0.05) is 30.3 Å². The van der Waals surface area contributed by atoms with Crippen LogP contribution in [-0.2, 0) is 24.1 Å². The van der Waals surface area contributed by atoms with Gasteiger partial charge in [-0.2, -0.15) is 0 Å². The maximum atomic E-state index is 13.5. The molecule has 35 heavy (non-hydrogen) atoms. The van der Waals surface area contributed by atoms with E-state index in [1.165, 1.54) is 22.2 Å². The molecule has 5 rings (SSSR count). The number of ether oxygens (including phenoxy) is 1. The van der Waals surface area contributed by atoms with Gasteiger partial charge < -0.3 is 14.5 Å². The van der Waals surface area contributed by atoms with Crippen LogP contribution in [0.3, 0.4) is 0 Å². The van der Waals surface area contributed by atoms with Crippen molar-refractivity contribution in [1.82, 2.24) is 9.55 Å². The second kappa shape index (κ2) is 9.50. The van der Waals surface area contributed by atoms with Gasteiger partial charge in [0.05, 0.1) is 24.3 Å². The highest BCUT2D eigenvalue weighted by Gasteiger charge is 2.29. The summed E-state index contributed by atoms with van der Waals surface area (Å²) < 4.78 is 12.4. The Labute approximate surface area is 205 Å². The Hall–Kier alpha value is -3.72. The van der Waals surface area contributed by atoms with Crippen molar-refractivity contribution in [3.05, 3.63) is 79.9 Å². The topological polar surface area (TPSA) is 103 Å². The number of fused-ring (bicyclic) bond motifs is 2. The van der Waals surface area contributed by atoms with Crippen LogP contribution in [0.25, 0.3) is 11.1 Å². The van der Waals surface area contributed by atoms with Gasteiger partial charge in [0.2, 0.25) is 5.71 Å². The van der Waals surface area contributed by atoms with Gasteiger partial charge in [-0.3, -0.25) is 14.2 Å². The summed E-state index contributed by atoms with van der Waals surface area (Å²) >= 11 is 1.40. The first-order chi connectivity index (χ1) is 17.0. The van der Waals surface area contributed by atoms with Crippen LogP contribution in [0.4, 0.5) is 5.00 Å². The lowest BCUT2D eigenvalue weighted by Crippen LogP contribution is -2.23. The summed E-state index contributed by atoms with van der Waals surface area (Å²) in [6, 6.07) is 9.53. The van der Waals surface area contributed by atoms with Crippen molar-refractivity contribution >= 4 is 39.3 Å². The van der Waals surface area contributed by atoms with Crippen molar-refractivity contribution < 1.29 is 18.7 Å². The minimum absolute atomic E-state index is 0.109. The minimum Gasteiger partial charge on any atom is -0.462 e. The first kappa shape index (κ1) is 23.0. The van der Waals surface area contributed by atoms with E-state index in [9.17, 15) is 14.4 Å². The molecule has 0 spiro atoms. The predicted octanol–water partition coefficient (Wildman–Crippen LogP) is 4.72. The molecule has 8 nitrogen and oxygen atoms in total. The molecule has 3 aromatic heterocycles. The molecule has 0 saturated carbocycles. The van der Waals surface area contributed by atoms with Crippen molar-refractivity contribution in [1.29, 1.82) is 0 Å². The molecule has 0 atom stereocenters. The number of aromatic nitrogens is 2. The average molecular weight is 492 g/mol. The zero-order chi connectivity index (χ0) is 24.5. The van der Waals surface area contributed by atoms with Gasteiger partial charge in [0.15, 0.2) is 0 Å². The minimum atomic E-state index is -0.512. The maximum absolute atomic E-state index is 13.5. The highest BCUT2D eigenvalue weighted by molar-refractivity contribution is 7.17. The van der Waals surface area contributed by atoms with Crippen molar-refractivity contribution in [2.45, 2.75) is 46.1 Å². The highest BCUT2D eigenvalue weighted by atomic mass is 32.1. The lowest BCUT2D eigenvalue weighted by atomic mass is 9.95. The van der Waals surface area contributed by atoms with Crippen LogP contribution in [-0.4, -0.2) is 28.0 Å². The number of hydrogen-bond acceptors (Lipinski definition) is 7. The van der Waals surface area contributed by atoms with Gasteiger partial charge in [0, 0.05) is 4.88 Å². The quantitative estimate of drug-likeness (QED) is 0.392.